The van der Waals surface area contributed by atoms with E-state index in [9.17, 15) is 4.79 Å². The van der Waals surface area contributed by atoms with Gasteiger partial charge in [0.2, 0.25) is 0 Å². The van der Waals surface area contributed by atoms with Gasteiger partial charge in [0.1, 0.15) is 10.8 Å². The van der Waals surface area contributed by atoms with Gasteiger partial charge in [0.15, 0.2) is 5.78 Å². The molecule has 5 nitrogen and oxygen atoms in total. The van der Waals surface area contributed by atoms with Crippen LogP contribution in [0.3, 0.4) is 0 Å². The van der Waals surface area contributed by atoms with Crippen molar-refractivity contribution in [1.82, 2.24) is 14.8 Å². The predicted molar refractivity (Wildman–Crippen MR) is 141 cm³/mol. The quantitative estimate of drug-likeness (QED) is 0.191. The van der Waals surface area contributed by atoms with E-state index in [1.54, 1.807) is 43.3 Å². The van der Waals surface area contributed by atoms with Crippen LogP contribution in [0.5, 0.6) is 5.75 Å². The highest BCUT2D eigenvalue weighted by atomic mass is 32.2. The van der Waals surface area contributed by atoms with Gasteiger partial charge in [-0.3, -0.25) is 9.78 Å². The number of hydrogen-bond donors (Lipinski definition) is 0. The minimum Gasteiger partial charge on any atom is -0.496 e. The van der Waals surface area contributed by atoms with E-state index in [1.807, 2.05) is 72.3 Å². The van der Waals surface area contributed by atoms with Gasteiger partial charge in [-0.2, -0.15) is 5.10 Å². The zero-order valence-electron chi connectivity index (χ0n) is 19.4. The highest BCUT2D eigenvalue weighted by Gasteiger charge is 2.18. The van der Waals surface area contributed by atoms with Gasteiger partial charge >= 0.3 is 0 Å². The number of para-hydroxylation sites is 3. The topological polar surface area (TPSA) is 57.0 Å². The Balaban J connectivity index is 1.60. The summed E-state index contributed by atoms with van der Waals surface area (Å²) in [6, 6.07) is 27.4. The lowest BCUT2D eigenvalue weighted by molar-refractivity contribution is 0.104. The Kier molecular flexibility index (Phi) is 6.46. The second-order valence-electron chi connectivity index (χ2n) is 7.88. The number of methoxy groups -OCH3 is 1. The first kappa shape index (κ1) is 22.6. The molecule has 6 heteroatoms. The molecule has 5 aromatic rings. The number of allylic oxidation sites excluding steroid dienone is 1. The first-order chi connectivity index (χ1) is 17.2. The molecule has 0 fully saturated rings. The molecule has 0 aliphatic rings. The van der Waals surface area contributed by atoms with Crippen molar-refractivity contribution in [3.05, 3.63) is 114 Å². The molecule has 0 saturated heterocycles. The van der Waals surface area contributed by atoms with Crippen LogP contribution in [0, 0.1) is 6.92 Å². The number of hydrogen-bond acceptors (Lipinski definition) is 5. The van der Waals surface area contributed by atoms with Crippen LogP contribution in [0.4, 0.5) is 0 Å². The molecule has 0 unspecified atom stereocenters. The third-order valence-corrected chi connectivity index (χ3v) is 6.78. The summed E-state index contributed by atoms with van der Waals surface area (Å²) < 4.78 is 7.29. The highest BCUT2D eigenvalue weighted by molar-refractivity contribution is 7.99. The van der Waals surface area contributed by atoms with E-state index < -0.39 is 0 Å². The zero-order chi connectivity index (χ0) is 24.2. The second kappa shape index (κ2) is 9.99. The number of carbonyl (C=O) groups is 1. The summed E-state index contributed by atoms with van der Waals surface area (Å²) in [6.45, 7) is 1.96. The monoisotopic (exact) mass is 477 g/mol. The maximum absolute atomic E-state index is 13.0. The van der Waals surface area contributed by atoms with Crippen LogP contribution >= 0.6 is 11.8 Å². The largest absolute Gasteiger partial charge is 0.496 e. The van der Waals surface area contributed by atoms with Gasteiger partial charge < -0.3 is 4.74 Å². The maximum atomic E-state index is 13.0. The first-order valence-corrected chi connectivity index (χ1v) is 12.0. The highest BCUT2D eigenvalue weighted by Crippen LogP contribution is 2.37. The van der Waals surface area contributed by atoms with Crippen molar-refractivity contribution in [1.29, 1.82) is 0 Å². The molecule has 0 amide bonds. The molecular weight excluding hydrogens is 454 g/mol. The Labute approximate surface area is 208 Å². The third-order valence-electron chi connectivity index (χ3n) is 5.64. The van der Waals surface area contributed by atoms with Crippen molar-refractivity contribution in [2.24, 2.45) is 0 Å². The Bertz CT molecular complexity index is 1540. The number of aryl methyl sites for hydroxylation is 1. The van der Waals surface area contributed by atoms with Crippen LogP contribution in [0.25, 0.3) is 22.7 Å². The summed E-state index contributed by atoms with van der Waals surface area (Å²) in [6.07, 6.45) is 5.24. The molecule has 2 heterocycles. The molecular formula is C29H23N3O2S. The second-order valence-corrected chi connectivity index (χ2v) is 8.91. The van der Waals surface area contributed by atoms with Crippen LogP contribution in [-0.4, -0.2) is 27.7 Å². The van der Waals surface area contributed by atoms with Crippen LogP contribution in [0.1, 0.15) is 21.6 Å². The van der Waals surface area contributed by atoms with E-state index in [1.165, 1.54) is 0 Å². The average Bonchev–Trinajstić information content (AvgIpc) is 3.22. The Hall–Kier alpha value is -4.16. The number of rotatable bonds is 7. The lowest BCUT2D eigenvalue weighted by Gasteiger charge is -2.10. The molecule has 3 aromatic carbocycles. The number of nitrogens with zero attached hydrogens (tertiary/aromatic N) is 3. The molecule has 0 N–H and O–H groups in total. The molecule has 0 aliphatic heterocycles. The van der Waals surface area contributed by atoms with E-state index in [0.29, 0.717) is 11.3 Å². The molecule has 172 valence electrons. The number of fused-ring (bicyclic) bond motifs is 1. The van der Waals surface area contributed by atoms with Gasteiger partial charge in [-0.15, -0.1) is 0 Å². The van der Waals surface area contributed by atoms with Crippen LogP contribution < -0.4 is 4.74 Å². The van der Waals surface area contributed by atoms with E-state index >= 15 is 0 Å². The number of carbonyl (C=O) groups excluding carboxylic acids is 1. The SMILES string of the molecule is COc1ccccc1C(=O)/C=C/c1c(C)nn(-c2ccccc2)c1Sc1cccc2cccnc12. The molecule has 2 aromatic heterocycles. The van der Waals surface area contributed by atoms with Crippen LogP contribution in [0.2, 0.25) is 0 Å². The fourth-order valence-corrected chi connectivity index (χ4v) is 5.09. The number of ketones is 1. The van der Waals surface area contributed by atoms with Crippen molar-refractivity contribution < 1.29 is 9.53 Å². The average molecular weight is 478 g/mol. The maximum Gasteiger partial charge on any atom is 0.189 e. The normalized spacial score (nSPS) is 11.3. The molecule has 5 rings (SSSR count). The number of pyridine rings is 1. The standard InChI is InChI=1S/C29H23N3O2S/c1-20-23(17-18-25(33)24-14-6-7-15-26(24)34-2)29(32(31-20)22-12-4-3-5-13-22)35-27-16-8-10-21-11-9-19-30-28(21)27/h3-19H,1-2H3/b18-17+. The van der Waals surface area contributed by atoms with E-state index in [4.69, 9.17) is 9.84 Å². The first-order valence-electron chi connectivity index (χ1n) is 11.2. The summed E-state index contributed by atoms with van der Waals surface area (Å²) >= 11 is 1.59. The fraction of sp³-hybridized carbons (Fsp3) is 0.0690. The van der Waals surface area contributed by atoms with E-state index in [0.717, 1.165) is 37.8 Å². The minimum atomic E-state index is -0.128. The van der Waals surface area contributed by atoms with E-state index in [2.05, 4.69) is 23.2 Å². The van der Waals surface area contributed by atoms with Crippen molar-refractivity contribution in [3.8, 4) is 11.4 Å². The van der Waals surface area contributed by atoms with Crippen LogP contribution in [-0.2, 0) is 0 Å². The molecule has 0 bridgehead atoms. The van der Waals surface area contributed by atoms with Gasteiger partial charge in [-0.1, -0.05) is 60.3 Å². The van der Waals surface area contributed by atoms with Crippen molar-refractivity contribution in [3.63, 3.8) is 0 Å². The van der Waals surface area contributed by atoms with Gasteiger partial charge in [0.05, 0.1) is 29.6 Å². The molecule has 0 aliphatic carbocycles. The van der Waals surface area contributed by atoms with Gasteiger partial charge in [0, 0.05) is 22.0 Å². The van der Waals surface area contributed by atoms with Crippen molar-refractivity contribution in [2.75, 3.05) is 7.11 Å². The number of benzene rings is 3. The summed E-state index contributed by atoms with van der Waals surface area (Å²) in [7, 11) is 1.57. The summed E-state index contributed by atoms with van der Waals surface area (Å²) in [4.78, 5) is 18.7. The molecule has 0 spiro atoms. The molecule has 0 atom stereocenters. The number of ether oxygens (including phenoxy) is 1. The van der Waals surface area contributed by atoms with Crippen molar-refractivity contribution >= 4 is 34.5 Å². The summed E-state index contributed by atoms with van der Waals surface area (Å²) in [5.74, 6) is 0.423. The summed E-state index contributed by atoms with van der Waals surface area (Å²) in [5.41, 5.74) is 4.11. The van der Waals surface area contributed by atoms with Gasteiger partial charge in [0.25, 0.3) is 0 Å². The Morgan fingerprint density at radius 3 is 2.54 bits per heavy atom. The Morgan fingerprint density at radius 1 is 0.943 bits per heavy atom. The van der Waals surface area contributed by atoms with E-state index in [-0.39, 0.29) is 5.78 Å². The molecule has 35 heavy (non-hydrogen) atoms. The zero-order valence-corrected chi connectivity index (χ0v) is 20.2. The van der Waals surface area contributed by atoms with Gasteiger partial charge in [-0.05, 0) is 55.5 Å². The minimum absolute atomic E-state index is 0.128. The molecule has 0 saturated carbocycles. The fourth-order valence-electron chi connectivity index (χ4n) is 3.91. The lowest BCUT2D eigenvalue weighted by atomic mass is 10.1. The van der Waals surface area contributed by atoms with Gasteiger partial charge in [-0.25, -0.2) is 4.68 Å². The Morgan fingerprint density at radius 2 is 1.71 bits per heavy atom. The molecule has 0 radical (unpaired) electrons. The van der Waals surface area contributed by atoms with Crippen LogP contribution in [0.15, 0.2) is 107 Å². The summed E-state index contributed by atoms with van der Waals surface area (Å²) in [5, 5.41) is 6.82. The smallest absolute Gasteiger partial charge is 0.189 e. The predicted octanol–water partition coefficient (Wildman–Crippen LogP) is 6.78. The van der Waals surface area contributed by atoms with Crippen molar-refractivity contribution in [2.45, 2.75) is 16.8 Å². The third kappa shape index (κ3) is 4.61. The number of aromatic nitrogens is 3. The lowest BCUT2D eigenvalue weighted by Crippen LogP contribution is -1.99.